The summed E-state index contributed by atoms with van der Waals surface area (Å²) in [5.74, 6) is 1.83. The molecule has 1 aliphatic heterocycles. The number of halogens is 2. The lowest BCUT2D eigenvalue weighted by Crippen LogP contribution is -2.40. The Morgan fingerprint density at radius 2 is 2.13 bits per heavy atom. The van der Waals surface area contributed by atoms with Gasteiger partial charge in [0.15, 0.2) is 6.10 Å². The van der Waals surface area contributed by atoms with Gasteiger partial charge in [-0.3, -0.25) is 4.79 Å². The third-order valence-electron chi connectivity index (χ3n) is 4.96. The van der Waals surface area contributed by atoms with Gasteiger partial charge in [0.2, 0.25) is 0 Å². The first-order valence-corrected chi connectivity index (χ1v) is 8.72. The van der Waals surface area contributed by atoms with Gasteiger partial charge in [-0.2, -0.15) is 0 Å². The number of amides is 1. The van der Waals surface area contributed by atoms with E-state index in [1.54, 1.807) is 0 Å². The zero-order valence-electron chi connectivity index (χ0n) is 13.5. The van der Waals surface area contributed by atoms with Gasteiger partial charge >= 0.3 is 0 Å². The Hall–Kier alpha value is -0.780. The van der Waals surface area contributed by atoms with E-state index in [4.69, 9.17) is 10.5 Å². The van der Waals surface area contributed by atoms with E-state index < -0.39 is 6.10 Å². The zero-order valence-corrected chi connectivity index (χ0v) is 15.9. The number of rotatable bonds is 3. The maximum absolute atomic E-state index is 12.6. The summed E-state index contributed by atoms with van der Waals surface area (Å²) in [5, 5.41) is 0. The van der Waals surface area contributed by atoms with E-state index in [0.717, 1.165) is 36.0 Å². The van der Waals surface area contributed by atoms with Gasteiger partial charge in [0.05, 0.1) is 4.47 Å². The normalized spacial score (nSPS) is 27.3. The van der Waals surface area contributed by atoms with Crippen LogP contribution in [0.3, 0.4) is 0 Å². The summed E-state index contributed by atoms with van der Waals surface area (Å²) in [7, 11) is 0. The van der Waals surface area contributed by atoms with Crippen molar-refractivity contribution in [3.8, 4) is 5.75 Å². The van der Waals surface area contributed by atoms with Crippen molar-refractivity contribution in [1.82, 2.24) is 4.90 Å². The van der Waals surface area contributed by atoms with Crippen LogP contribution in [0.25, 0.3) is 0 Å². The van der Waals surface area contributed by atoms with Gasteiger partial charge in [-0.1, -0.05) is 6.07 Å². The summed E-state index contributed by atoms with van der Waals surface area (Å²) in [4.78, 5) is 14.5. The molecule has 1 amide bonds. The number of fused-ring (bicyclic) bond motifs is 1. The standard InChI is InChI=1S/C17H23BrN2O2.ClH/c1-10-3-6-16(14(18)7-10)22-11(2)17(21)20-8-12-4-5-15(19)13(12)9-20;/h3,6-7,11-13,15H,4-5,8-9,19H2,1-2H3;1H. The number of hydrogen-bond donors (Lipinski definition) is 1. The number of carbonyl (C=O) groups is 1. The summed E-state index contributed by atoms with van der Waals surface area (Å²) in [6.45, 7) is 5.46. The fourth-order valence-electron chi connectivity index (χ4n) is 3.69. The van der Waals surface area contributed by atoms with E-state index in [1.165, 1.54) is 0 Å². The van der Waals surface area contributed by atoms with Crippen molar-refractivity contribution in [2.24, 2.45) is 17.6 Å². The second kappa shape index (κ2) is 7.41. The maximum Gasteiger partial charge on any atom is 0.263 e. The first-order chi connectivity index (χ1) is 10.5. The molecule has 4 atom stereocenters. The highest BCUT2D eigenvalue weighted by atomic mass is 79.9. The topological polar surface area (TPSA) is 55.6 Å². The minimum atomic E-state index is -0.478. The lowest BCUT2D eigenvalue weighted by atomic mass is 9.98. The molecule has 128 valence electrons. The summed E-state index contributed by atoms with van der Waals surface area (Å²) >= 11 is 3.49. The Labute approximate surface area is 152 Å². The minimum Gasteiger partial charge on any atom is -0.480 e. The molecule has 1 aliphatic carbocycles. The smallest absolute Gasteiger partial charge is 0.263 e. The van der Waals surface area contributed by atoms with Crippen molar-refractivity contribution in [2.45, 2.75) is 38.8 Å². The van der Waals surface area contributed by atoms with Crippen LogP contribution in [0.5, 0.6) is 5.75 Å². The average molecular weight is 404 g/mol. The molecule has 0 bridgehead atoms. The second-order valence-electron chi connectivity index (χ2n) is 6.60. The molecule has 1 aromatic carbocycles. The van der Waals surface area contributed by atoms with Gasteiger partial charge in [-0.05, 0) is 72.2 Å². The third-order valence-corrected chi connectivity index (χ3v) is 5.58. The third kappa shape index (κ3) is 3.83. The summed E-state index contributed by atoms with van der Waals surface area (Å²) in [5.41, 5.74) is 7.29. The minimum absolute atomic E-state index is 0. The molecule has 2 aliphatic rings. The lowest BCUT2D eigenvalue weighted by molar-refractivity contribution is -0.137. The molecular weight excluding hydrogens is 380 g/mol. The highest BCUT2D eigenvalue weighted by molar-refractivity contribution is 9.10. The van der Waals surface area contributed by atoms with Crippen molar-refractivity contribution < 1.29 is 9.53 Å². The molecule has 1 heterocycles. The SMILES string of the molecule is Cc1ccc(OC(C)C(=O)N2CC3CCC(N)C3C2)c(Br)c1.Cl. The zero-order chi connectivity index (χ0) is 15.9. The van der Waals surface area contributed by atoms with Crippen LogP contribution in [0.1, 0.15) is 25.3 Å². The number of ether oxygens (including phenoxy) is 1. The maximum atomic E-state index is 12.6. The first-order valence-electron chi connectivity index (χ1n) is 7.93. The van der Waals surface area contributed by atoms with Gasteiger partial charge in [0.25, 0.3) is 5.91 Å². The molecule has 1 saturated heterocycles. The summed E-state index contributed by atoms with van der Waals surface area (Å²) in [6, 6.07) is 6.13. The van der Waals surface area contributed by atoms with Gasteiger partial charge < -0.3 is 15.4 Å². The molecule has 6 heteroatoms. The van der Waals surface area contributed by atoms with Crippen LogP contribution in [-0.4, -0.2) is 36.0 Å². The molecule has 0 spiro atoms. The van der Waals surface area contributed by atoms with Gasteiger partial charge in [0, 0.05) is 19.1 Å². The fraction of sp³-hybridized carbons (Fsp3) is 0.588. The quantitative estimate of drug-likeness (QED) is 0.843. The van der Waals surface area contributed by atoms with Crippen molar-refractivity contribution in [1.29, 1.82) is 0 Å². The molecule has 23 heavy (non-hydrogen) atoms. The van der Waals surface area contributed by atoms with Crippen molar-refractivity contribution in [3.05, 3.63) is 28.2 Å². The van der Waals surface area contributed by atoms with E-state index in [2.05, 4.69) is 15.9 Å². The van der Waals surface area contributed by atoms with Crippen LogP contribution in [0.2, 0.25) is 0 Å². The van der Waals surface area contributed by atoms with Crippen molar-refractivity contribution >= 4 is 34.2 Å². The predicted molar refractivity (Wildman–Crippen MR) is 97.0 cm³/mol. The van der Waals surface area contributed by atoms with Gasteiger partial charge in [0.1, 0.15) is 5.75 Å². The molecule has 3 rings (SSSR count). The molecular formula is C17H24BrClN2O2. The summed E-state index contributed by atoms with van der Waals surface area (Å²) < 4.78 is 6.74. The Balaban J connectivity index is 0.00000192. The number of aryl methyl sites for hydroxylation is 1. The van der Waals surface area contributed by atoms with Crippen LogP contribution >= 0.6 is 28.3 Å². The summed E-state index contributed by atoms with van der Waals surface area (Å²) in [6.07, 6.45) is 1.77. The molecule has 2 fully saturated rings. The second-order valence-corrected chi connectivity index (χ2v) is 7.46. The van der Waals surface area contributed by atoms with Crippen LogP contribution in [0.15, 0.2) is 22.7 Å². The number of benzene rings is 1. The van der Waals surface area contributed by atoms with Crippen LogP contribution < -0.4 is 10.5 Å². The number of hydrogen-bond acceptors (Lipinski definition) is 3. The van der Waals surface area contributed by atoms with Crippen molar-refractivity contribution in [2.75, 3.05) is 13.1 Å². The van der Waals surface area contributed by atoms with E-state index in [1.807, 2.05) is 36.9 Å². The monoisotopic (exact) mass is 402 g/mol. The fourth-order valence-corrected chi connectivity index (χ4v) is 4.27. The van der Waals surface area contributed by atoms with E-state index in [-0.39, 0.29) is 24.4 Å². The highest BCUT2D eigenvalue weighted by Gasteiger charge is 2.43. The highest BCUT2D eigenvalue weighted by Crippen LogP contribution is 2.37. The lowest BCUT2D eigenvalue weighted by Gasteiger charge is -2.23. The van der Waals surface area contributed by atoms with Crippen LogP contribution in [-0.2, 0) is 4.79 Å². The molecule has 0 aromatic heterocycles. The molecule has 4 unspecified atom stereocenters. The van der Waals surface area contributed by atoms with E-state index >= 15 is 0 Å². The Kier molecular flexibility index (Phi) is 5.98. The Morgan fingerprint density at radius 3 is 2.78 bits per heavy atom. The Bertz CT molecular complexity index is 584. The first kappa shape index (κ1) is 18.6. The molecule has 4 nitrogen and oxygen atoms in total. The van der Waals surface area contributed by atoms with Crippen molar-refractivity contribution in [3.63, 3.8) is 0 Å². The van der Waals surface area contributed by atoms with Gasteiger partial charge in [-0.25, -0.2) is 0 Å². The Morgan fingerprint density at radius 1 is 1.39 bits per heavy atom. The van der Waals surface area contributed by atoms with Crippen LogP contribution in [0, 0.1) is 18.8 Å². The number of nitrogens with two attached hydrogens (primary N) is 1. The molecule has 2 N–H and O–H groups in total. The van der Waals surface area contributed by atoms with Gasteiger partial charge in [-0.15, -0.1) is 12.4 Å². The predicted octanol–water partition coefficient (Wildman–Crippen LogP) is 3.14. The number of nitrogens with zero attached hydrogens (tertiary/aromatic N) is 1. The molecule has 0 radical (unpaired) electrons. The largest absolute Gasteiger partial charge is 0.480 e. The molecule has 1 aromatic rings. The van der Waals surface area contributed by atoms with E-state index in [9.17, 15) is 4.79 Å². The molecule has 1 saturated carbocycles. The average Bonchev–Trinajstić information content (AvgIpc) is 3.03. The number of likely N-dealkylation sites (tertiary alicyclic amines) is 1. The number of carbonyl (C=O) groups excluding carboxylic acids is 1. The van der Waals surface area contributed by atoms with E-state index in [0.29, 0.717) is 17.6 Å². The van der Waals surface area contributed by atoms with Crippen LogP contribution in [0.4, 0.5) is 0 Å².